The van der Waals surface area contributed by atoms with Gasteiger partial charge >= 0.3 is 0 Å². The van der Waals surface area contributed by atoms with Crippen LogP contribution in [0.25, 0.3) is 22.4 Å². The van der Waals surface area contributed by atoms with E-state index in [1.165, 1.54) is 0 Å². The standard InChI is InChI=1S/C23H20ClN5O5/c1-10-9-29-19-13(8-23(21(29)11(2)33-10)14(30)7-15(31)27-22(23)32)26-18-17(12-3-5-25-6-4-12)28-34-20(18)16(19)24/h3-6,10-11,21H,7-9H2,1-2H3,(H,27,31,32)/t10-,11+,21-,23?/m1/s1. The number of aromatic nitrogens is 3. The molecular formula is C23H20ClN5O5. The number of Topliss-reactive ketones (excluding diaryl/α,β-unsaturated/α-hetero) is 1. The van der Waals surface area contributed by atoms with Crippen molar-refractivity contribution in [1.29, 1.82) is 0 Å². The van der Waals surface area contributed by atoms with Crippen LogP contribution in [0, 0.1) is 5.41 Å². The van der Waals surface area contributed by atoms with Crippen LogP contribution in [0.4, 0.5) is 5.69 Å². The smallest absolute Gasteiger partial charge is 0.242 e. The summed E-state index contributed by atoms with van der Waals surface area (Å²) in [7, 11) is 0. The van der Waals surface area contributed by atoms with Crippen molar-refractivity contribution in [2.75, 3.05) is 11.4 Å². The van der Waals surface area contributed by atoms with Crippen molar-refractivity contribution in [2.45, 2.75) is 44.9 Å². The Balaban J connectivity index is 1.61. The first-order valence-electron chi connectivity index (χ1n) is 11.0. The topological polar surface area (TPSA) is 128 Å². The number of carbonyl (C=O) groups excluding carboxylic acids is 3. The van der Waals surface area contributed by atoms with E-state index in [1.54, 1.807) is 24.5 Å². The summed E-state index contributed by atoms with van der Waals surface area (Å²) in [5.74, 6) is -1.67. The first kappa shape index (κ1) is 21.2. The summed E-state index contributed by atoms with van der Waals surface area (Å²) in [5, 5.41) is 6.88. The Morgan fingerprint density at radius 2 is 1.97 bits per heavy atom. The van der Waals surface area contributed by atoms with Gasteiger partial charge in [-0.15, -0.1) is 0 Å². The van der Waals surface area contributed by atoms with Crippen molar-refractivity contribution in [3.8, 4) is 11.3 Å². The molecule has 34 heavy (non-hydrogen) atoms. The highest BCUT2D eigenvalue weighted by Crippen LogP contribution is 2.51. The lowest BCUT2D eigenvalue weighted by atomic mass is 9.64. The van der Waals surface area contributed by atoms with Crippen LogP contribution < -0.4 is 10.2 Å². The van der Waals surface area contributed by atoms with Gasteiger partial charge in [-0.05, 0) is 26.0 Å². The number of amides is 2. The van der Waals surface area contributed by atoms with E-state index in [0.717, 1.165) is 5.56 Å². The number of piperidine rings is 1. The number of nitrogens with zero attached hydrogens (tertiary/aromatic N) is 4. The van der Waals surface area contributed by atoms with Crippen molar-refractivity contribution in [3.05, 3.63) is 35.2 Å². The molecule has 4 atom stereocenters. The first-order valence-corrected chi connectivity index (χ1v) is 11.4. The maximum Gasteiger partial charge on any atom is 0.242 e. The highest BCUT2D eigenvalue weighted by molar-refractivity contribution is 6.38. The number of anilines is 1. The number of hydrogen-bond acceptors (Lipinski definition) is 9. The third kappa shape index (κ3) is 2.78. The molecule has 1 N–H and O–H groups in total. The van der Waals surface area contributed by atoms with Crippen LogP contribution in [-0.2, 0) is 25.5 Å². The van der Waals surface area contributed by atoms with Crippen molar-refractivity contribution < 1.29 is 23.6 Å². The normalized spacial score (nSPS) is 28.7. The lowest BCUT2D eigenvalue weighted by molar-refractivity contribution is -0.158. The Morgan fingerprint density at radius 1 is 1.21 bits per heavy atom. The van der Waals surface area contributed by atoms with E-state index in [1.807, 2.05) is 18.7 Å². The van der Waals surface area contributed by atoms with Crippen LogP contribution in [0.3, 0.4) is 0 Å². The number of carbonyl (C=O) groups is 3. The number of morpholine rings is 1. The maximum absolute atomic E-state index is 13.4. The Morgan fingerprint density at radius 3 is 2.71 bits per heavy atom. The van der Waals surface area contributed by atoms with Gasteiger partial charge in [0.15, 0.2) is 5.78 Å². The van der Waals surface area contributed by atoms with Gasteiger partial charge in [-0.25, -0.2) is 4.98 Å². The van der Waals surface area contributed by atoms with E-state index in [2.05, 4.69) is 15.5 Å². The number of ether oxygens (including phenoxy) is 1. The molecule has 6 rings (SSSR count). The summed E-state index contributed by atoms with van der Waals surface area (Å²) in [6.45, 7) is 4.12. The zero-order valence-corrected chi connectivity index (χ0v) is 19.1. The van der Waals surface area contributed by atoms with Gasteiger partial charge < -0.3 is 14.2 Å². The van der Waals surface area contributed by atoms with Gasteiger partial charge in [-0.1, -0.05) is 16.8 Å². The number of halogens is 1. The molecule has 1 unspecified atom stereocenters. The van der Waals surface area contributed by atoms with Gasteiger partial charge in [0.2, 0.25) is 17.4 Å². The molecule has 11 heteroatoms. The molecule has 0 saturated carbocycles. The molecule has 3 aromatic rings. The van der Waals surface area contributed by atoms with Crippen LogP contribution >= 0.6 is 11.6 Å². The fourth-order valence-corrected chi connectivity index (χ4v) is 6.00. The van der Waals surface area contributed by atoms with E-state index in [0.29, 0.717) is 39.7 Å². The molecule has 0 aromatic carbocycles. The van der Waals surface area contributed by atoms with E-state index >= 15 is 0 Å². The van der Waals surface area contributed by atoms with Gasteiger partial charge in [0.1, 0.15) is 21.6 Å². The number of imide groups is 1. The molecule has 3 aliphatic heterocycles. The number of fused-ring (bicyclic) bond motifs is 5. The molecule has 0 radical (unpaired) electrons. The average Bonchev–Trinajstić information content (AvgIpc) is 3.21. The Hall–Kier alpha value is -3.37. The van der Waals surface area contributed by atoms with Crippen LogP contribution in [0.1, 0.15) is 26.0 Å². The highest BCUT2D eigenvalue weighted by Gasteiger charge is 2.63. The Labute approximate surface area is 198 Å². The zero-order chi connectivity index (χ0) is 23.8. The predicted octanol–water partition coefficient (Wildman–Crippen LogP) is 2.08. The summed E-state index contributed by atoms with van der Waals surface area (Å²) in [5.41, 5.74) is 1.52. The zero-order valence-electron chi connectivity index (χ0n) is 18.4. The molecule has 10 nitrogen and oxygen atoms in total. The monoisotopic (exact) mass is 481 g/mol. The van der Waals surface area contributed by atoms with E-state index in [9.17, 15) is 14.4 Å². The lowest BCUT2D eigenvalue weighted by Gasteiger charge is -2.55. The first-order chi connectivity index (χ1) is 16.3. The van der Waals surface area contributed by atoms with Gasteiger partial charge in [-0.3, -0.25) is 24.7 Å². The van der Waals surface area contributed by atoms with Crippen LogP contribution in [0.15, 0.2) is 29.0 Å². The molecular weight excluding hydrogens is 462 g/mol. The van der Waals surface area contributed by atoms with Crippen molar-refractivity contribution in [1.82, 2.24) is 20.4 Å². The second kappa shape index (κ2) is 7.31. The fourth-order valence-electron chi connectivity index (χ4n) is 5.65. The summed E-state index contributed by atoms with van der Waals surface area (Å²) >= 11 is 6.89. The van der Waals surface area contributed by atoms with E-state index in [4.69, 9.17) is 25.8 Å². The highest BCUT2D eigenvalue weighted by atomic mass is 35.5. The van der Waals surface area contributed by atoms with Crippen molar-refractivity contribution in [2.24, 2.45) is 5.41 Å². The molecule has 174 valence electrons. The second-order valence-corrected chi connectivity index (χ2v) is 9.42. The molecule has 6 heterocycles. The van der Waals surface area contributed by atoms with Gasteiger partial charge in [0, 0.05) is 30.9 Å². The fraction of sp³-hybridized carbons (Fsp3) is 0.391. The van der Waals surface area contributed by atoms with Gasteiger partial charge in [0.05, 0.1) is 36.1 Å². The molecule has 2 saturated heterocycles. The molecule has 0 bridgehead atoms. The second-order valence-electron chi connectivity index (χ2n) is 9.04. The molecule has 2 fully saturated rings. The summed E-state index contributed by atoms with van der Waals surface area (Å²) < 4.78 is 11.7. The third-order valence-corrected chi connectivity index (χ3v) is 7.30. The Bertz CT molecular complexity index is 1350. The van der Waals surface area contributed by atoms with Gasteiger partial charge in [-0.2, -0.15) is 0 Å². The lowest BCUT2D eigenvalue weighted by Crippen LogP contribution is -2.72. The minimum Gasteiger partial charge on any atom is -0.372 e. The summed E-state index contributed by atoms with van der Waals surface area (Å²) in [6.07, 6.45) is 2.21. The van der Waals surface area contributed by atoms with Crippen molar-refractivity contribution >= 4 is 46.0 Å². The number of rotatable bonds is 1. The molecule has 3 aliphatic rings. The summed E-state index contributed by atoms with van der Waals surface area (Å²) in [4.78, 5) is 49.5. The molecule has 3 aromatic heterocycles. The number of hydrogen-bond donors (Lipinski definition) is 1. The SMILES string of the molecule is C[C@@H]1CN2c3c(nc4c(-c5ccncc5)noc4c3Cl)CC3(C(=O)CC(=O)NC3=O)[C@H]2[C@H](C)O1. The maximum atomic E-state index is 13.4. The van der Waals surface area contributed by atoms with E-state index in [-0.39, 0.29) is 18.9 Å². The number of nitrogens with one attached hydrogen (secondary N) is 1. The molecule has 0 aliphatic carbocycles. The van der Waals surface area contributed by atoms with Crippen LogP contribution in [0.5, 0.6) is 0 Å². The Kier molecular flexibility index (Phi) is 4.56. The molecule has 2 amide bonds. The van der Waals surface area contributed by atoms with Gasteiger partial charge in [0.25, 0.3) is 0 Å². The van der Waals surface area contributed by atoms with E-state index < -0.39 is 35.2 Å². The van der Waals surface area contributed by atoms with Crippen LogP contribution in [0.2, 0.25) is 5.02 Å². The third-order valence-electron chi connectivity index (χ3n) is 6.95. The largest absolute Gasteiger partial charge is 0.372 e. The summed E-state index contributed by atoms with van der Waals surface area (Å²) in [6, 6.07) is 2.90. The molecule has 1 spiro atoms. The quantitative estimate of drug-likeness (QED) is 0.410. The number of pyridine rings is 2. The predicted molar refractivity (Wildman–Crippen MR) is 120 cm³/mol. The van der Waals surface area contributed by atoms with Crippen molar-refractivity contribution in [3.63, 3.8) is 0 Å². The minimum atomic E-state index is -1.53. The average molecular weight is 482 g/mol. The van der Waals surface area contributed by atoms with Crippen LogP contribution in [-0.4, -0.2) is 57.5 Å². The number of ketones is 1. The minimum absolute atomic E-state index is 0.0137.